The van der Waals surface area contributed by atoms with E-state index in [9.17, 15) is 9.59 Å². The number of nitrogens with one attached hydrogen (secondary N) is 2. The number of aromatic nitrogens is 1. The summed E-state index contributed by atoms with van der Waals surface area (Å²) in [6.07, 6.45) is 1.30. The molecule has 0 aliphatic carbocycles. The smallest absolute Gasteiger partial charge is 0.319 e. The van der Waals surface area contributed by atoms with E-state index in [0.717, 1.165) is 0 Å². The number of carbonyl (C=O) groups excluding carboxylic acids is 1. The van der Waals surface area contributed by atoms with Crippen LogP contribution in [0.4, 0.5) is 10.5 Å². The van der Waals surface area contributed by atoms with E-state index >= 15 is 0 Å². The van der Waals surface area contributed by atoms with Gasteiger partial charge in [-0.3, -0.25) is 9.78 Å². The molecule has 0 aliphatic rings. The van der Waals surface area contributed by atoms with E-state index in [1.807, 2.05) is 32.8 Å². The monoisotopic (exact) mass is 294 g/mol. The maximum Gasteiger partial charge on any atom is 0.319 e. The van der Waals surface area contributed by atoms with Gasteiger partial charge in [-0.1, -0.05) is 0 Å². The van der Waals surface area contributed by atoms with E-state index < -0.39 is 5.97 Å². The lowest BCUT2D eigenvalue weighted by molar-refractivity contribution is -0.136. The molecule has 116 valence electrons. The molecule has 0 aromatic carbocycles. The van der Waals surface area contributed by atoms with Gasteiger partial charge >= 0.3 is 12.0 Å². The Balaban J connectivity index is 2.50. The van der Waals surface area contributed by atoms with Gasteiger partial charge in [-0.05, 0) is 40.1 Å². The van der Waals surface area contributed by atoms with Crippen LogP contribution in [0.1, 0.15) is 19.5 Å². The van der Waals surface area contributed by atoms with Crippen molar-refractivity contribution in [2.75, 3.05) is 26.0 Å². The highest BCUT2D eigenvalue weighted by atomic mass is 16.4. The van der Waals surface area contributed by atoms with Gasteiger partial charge in [0, 0.05) is 12.1 Å². The van der Waals surface area contributed by atoms with Crippen molar-refractivity contribution in [3.05, 3.63) is 24.0 Å². The highest BCUT2D eigenvalue weighted by molar-refractivity contribution is 5.89. The Morgan fingerprint density at radius 3 is 2.48 bits per heavy atom. The highest BCUT2D eigenvalue weighted by Crippen LogP contribution is 2.09. The van der Waals surface area contributed by atoms with Crippen LogP contribution in [-0.4, -0.2) is 53.2 Å². The average molecular weight is 294 g/mol. The zero-order chi connectivity index (χ0) is 16.0. The lowest BCUT2D eigenvalue weighted by atomic mass is 10.1. The quantitative estimate of drug-likeness (QED) is 0.732. The topological polar surface area (TPSA) is 94.6 Å². The molecule has 0 fully saturated rings. The second kappa shape index (κ2) is 7.03. The summed E-state index contributed by atoms with van der Waals surface area (Å²) in [6, 6.07) is 2.88. The number of aliphatic carboxylic acids is 1. The Morgan fingerprint density at radius 1 is 1.33 bits per heavy atom. The minimum atomic E-state index is -0.938. The molecule has 1 aromatic heterocycles. The Hall–Kier alpha value is -2.15. The number of hydrogen-bond donors (Lipinski definition) is 3. The first-order chi connectivity index (χ1) is 9.70. The van der Waals surface area contributed by atoms with E-state index in [1.54, 1.807) is 12.1 Å². The Bertz CT molecular complexity index is 497. The van der Waals surface area contributed by atoms with Gasteiger partial charge in [-0.15, -0.1) is 0 Å². The second-order valence-corrected chi connectivity index (χ2v) is 5.62. The van der Waals surface area contributed by atoms with Crippen LogP contribution in [0.25, 0.3) is 0 Å². The van der Waals surface area contributed by atoms with Crippen molar-refractivity contribution in [2.24, 2.45) is 0 Å². The van der Waals surface area contributed by atoms with Gasteiger partial charge in [0.15, 0.2) is 0 Å². The SMILES string of the molecule is CN(C)C(C)(C)CNC(=O)Nc1ccc(CC(=O)O)nc1. The zero-order valence-electron chi connectivity index (χ0n) is 12.8. The standard InChI is InChI=1S/C14H22N4O3/c1-14(2,18(3)4)9-16-13(21)17-11-6-5-10(15-8-11)7-12(19)20/h5-6,8H,7,9H2,1-4H3,(H,19,20)(H2,16,17,21). The minimum absolute atomic E-state index is 0.135. The Kier molecular flexibility index (Phi) is 5.66. The van der Waals surface area contributed by atoms with Gasteiger partial charge in [0.05, 0.1) is 24.0 Å². The average Bonchev–Trinajstić information content (AvgIpc) is 2.38. The van der Waals surface area contributed by atoms with E-state index in [2.05, 4.69) is 15.6 Å². The zero-order valence-corrected chi connectivity index (χ0v) is 12.8. The molecule has 1 heterocycles. The summed E-state index contributed by atoms with van der Waals surface area (Å²) in [6.45, 7) is 4.54. The van der Waals surface area contributed by atoms with Crippen molar-refractivity contribution in [1.29, 1.82) is 0 Å². The molecule has 2 amide bonds. The van der Waals surface area contributed by atoms with Gasteiger partial charge in [0.2, 0.25) is 0 Å². The largest absolute Gasteiger partial charge is 0.481 e. The summed E-state index contributed by atoms with van der Waals surface area (Å²) in [5.74, 6) is -0.938. The molecule has 0 spiro atoms. The predicted molar refractivity (Wildman–Crippen MR) is 80.4 cm³/mol. The van der Waals surface area contributed by atoms with Crippen molar-refractivity contribution in [2.45, 2.75) is 25.8 Å². The van der Waals surface area contributed by atoms with Crippen molar-refractivity contribution in [3.63, 3.8) is 0 Å². The van der Waals surface area contributed by atoms with Gasteiger partial charge in [0.25, 0.3) is 0 Å². The number of hydrogen-bond acceptors (Lipinski definition) is 4. The van der Waals surface area contributed by atoms with Crippen molar-refractivity contribution in [1.82, 2.24) is 15.2 Å². The van der Waals surface area contributed by atoms with Crippen LogP contribution >= 0.6 is 0 Å². The summed E-state index contributed by atoms with van der Waals surface area (Å²) in [7, 11) is 3.90. The summed E-state index contributed by atoms with van der Waals surface area (Å²) in [5, 5.41) is 14.1. The number of carboxylic acids is 1. The fraction of sp³-hybridized carbons (Fsp3) is 0.500. The van der Waals surface area contributed by atoms with Crippen LogP contribution in [0, 0.1) is 0 Å². The van der Waals surface area contributed by atoms with Gasteiger partial charge in [-0.2, -0.15) is 0 Å². The number of pyridine rings is 1. The van der Waals surface area contributed by atoms with Crippen LogP contribution in [0.3, 0.4) is 0 Å². The first kappa shape index (κ1) is 16.9. The van der Waals surface area contributed by atoms with Crippen LogP contribution in [-0.2, 0) is 11.2 Å². The Labute approximate surface area is 124 Å². The number of amides is 2. The van der Waals surface area contributed by atoms with Crippen molar-refractivity contribution >= 4 is 17.7 Å². The minimum Gasteiger partial charge on any atom is -0.481 e. The molecule has 0 radical (unpaired) electrons. The number of carbonyl (C=O) groups is 2. The first-order valence-corrected chi connectivity index (χ1v) is 6.60. The van der Waals surface area contributed by atoms with Crippen LogP contribution in [0.5, 0.6) is 0 Å². The highest BCUT2D eigenvalue weighted by Gasteiger charge is 2.20. The molecule has 0 aliphatic heterocycles. The fourth-order valence-corrected chi connectivity index (χ4v) is 1.39. The third-order valence-corrected chi connectivity index (χ3v) is 3.31. The molecule has 0 saturated heterocycles. The van der Waals surface area contributed by atoms with E-state index in [0.29, 0.717) is 17.9 Å². The lowest BCUT2D eigenvalue weighted by Crippen LogP contribution is -2.49. The lowest BCUT2D eigenvalue weighted by Gasteiger charge is -2.32. The normalized spacial score (nSPS) is 11.3. The van der Waals surface area contributed by atoms with Crippen LogP contribution in [0.15, 0.2) is 18.3 Å². The summed E-state index contributed by atoms with van der Waals surface area (Å²) >= 11 is 0. The second-order valence-electron chi connectivity index (χ2n) is 5.62. The number of urea groups is 1. The van der Waals surface area contributed by atoms with E-state index in [-0.39, 0.29) is 18.0 Å². The molecule has 1 aromatic rings. The molecule has 7 heteroatoms. The summed E-state index contributed by atoms with van der Waals surface area (Å²) < 4.78 is 0. The van der Waals surface area contributed by atoms with Gasteiger partial charge < -0.3 is 20.6 Å². The number of likely N-dealkylation sites (N-methyl/N-ethyl adjacent to an activating group) is 1. The number of rotatable bonds is 6. The van der Waals surface area contributed by atoms with Crippen molar-refractivity contribution in [3.8, 4) is 0 Å². The number of anilines is 1. The molecule has 1 rings (SSSR count). The molecular weight excluding hydrogens is 272 g/mol. The number of nitrogens with zero attached hydrogens (tertiary/aromatic N) is 2. The molecule has 7 nitrogen and oxygen atoms in total. The van der Waals surface area contributed by atoms with Crippen LogP contribution < -0.4 is 10.6 Å². The third kappa shape index (κ3) is 5.78. The molecule has 0 atom stereocenters. The predicted octanol–water partition coefficient (Wildman–Crippen LogP) is 1.17. The molecule has 0 saturated carbocycles. The van der Waals surface area contributed by atoms with Gasteiger partial charge in [-0.25, -0.2) is 4.79 Å². The maximum absolute atomic E-state index is 11.8. The molecule has 21 heavy (non-hydrogen) atoms. The maximum atomic E-state index is 11.8. The van der Waals surface area contributed by atoms with Crippen LogP contribution in [0.2, 0.25) is 0 Å². The summed E-state index contributed by atoms with van der Waals surface area (Å²) in [4.78, 5) is 28.3. The van der Waals surface area contributed by atoms with E-state index in [1.165, 1.54) is 6.20 Å². The molecular formula is C14H22N4O3. The fourth-order valence-electron chi connectivity index (χ4n) is 1.39. The first-order valence-electron chi connectivity index (χ1n) is 6.60. The molecule has 0 unspecified atom stereocenters. The van der Waals surface area contributed by atoms with Crippen molar-refractivity contribution < 1.29 is 14.7 Å². The van der Waals surface area contributed by atoms with E-state index in [4.69, 9.17) is 5.11 Å². The van der Waals surface area contributed by atoms with Gasteiger partial charge in [0.1, 0.15) is 0 Å². The third-order valence-electron chi connectivity index (χ3n) is 3.31. The summed E-state index contributed by atoms with van der Waals surface area (Å²) in [5.41, 5.74) is 0.812. The number of carboxylic acid groups (broad SMARTS) is 1. The molecule has 0 bridgehead atoms. The molecule has 3 N–H and O–H groups in total. The Morgan fingerprint density at radius 2 is 2.00 bits per heavy atom.